The van der Waals surface area contributed by atoms with Gasteiger partial charge in [-0.1, -0.05) is 166 Å². The van der Waals surface area contributed by atoms with Crippen molar-refractivity contribution < 1.29 is 0 Å². The third-order valence-electron chi connectivity index (χ3n) is 13.0. The Kier molecular flexibility index (Phi) is 9.25. The molecule has 0 fully saturated rings. The van der Waals surface area contributed by atoms with E-state index in [1.807, 2.05) is 6.92 Å². The minimum absolute atomic E-state index is 0.0116. The molecular weight excluding hydrogens is 769 g/mol. The van der Waals surface area contributed by atoms with E-state index in [0.29, 0.717) is 0 Å². The Labute approximate surface area is 368 Å². The number of allylic oxidation sites excluding steroid dienone is 5. The highest BCUT2D eigenvalue weighted by Gasteiger charge is 2.37. The van der Waals surface area contributed by atoms with Crippen LogP contribution in [0, 0.1) is 0 Å². The molecule has 1 aliphatic heterocycles. The maximum atomic E-state index is 4.91. The molecule has 2 aliphatic carbocycles. The summed E-state index contributed by atoms with van der Waals surface area (Å²) in [5, 5.41) is 3.56. The second-order valence-corrected chi connectivity index (χ2v) is 18.2. The van der Waals surface area contributed by atoms with E-state index in [9.17, 15) is 0 Å². The topological polar surface area (TPSA) is 16.1 Å². The molecule has 0 saturated carbocycles. The van der Waals surface area contributed by atoms with Crippen molar-refractivity contribution in [3.05, 3.63) is 229 Å². The molecule has 298 valence electrons. The average Bonchev–Trinajstić information content (AvgIpc) is 3.97. The van der Waals surface area contributed by atoms with Crippen molar-refractivity contribution in [1.82, 2.24) is 4.98 Å². The van der Waals surface area contributed by atoms with Crippen molar-refractivity contribution in [1.29, 1.82) is 0 Å². The molecule has 0 saturated heterocycles. The maximum absolute atomic E-state index is 4.91. The number of hydrogen-bond acceptors (Lipinski definition) is 3. The highest BCUT2D eigenvalue weighted by atomic mass is 32.1. The first-order valence-corrected chi connectivity index (χ1v) is 22.4. The zero-order chi connectivity index (χ0) is 42.0. The number of thiazole rings is 1. The first-order valence-electron chi connectivity index (χ1n) is 21.6. The molecule has 3 heteroatoms. The van der Waals surface area contributed by atoms with E-state index >= 15 is 0 Å². The first-order chi connectivity index (χ1) is 30.4. The third kappa shape index (κ3) is 6.35. The Bertz CT molecular complexity index is 3240. The van der Waals surface area contributed by atoms with E-state index in [4.69, 9.17) is 4.98 Å². The maximum Gasteiger partial charge on any atom is 0.124 e. The van der Waals surface area contributed by atoms with Gasteiger partial charge in [-0.15, -0.1) is 17.9 Å². The van der Waals surface area contributed by atoms with E-state index in [0.717, 1.165) is 22.5 Å². The molecule has 3 aliphatic rings. The number of para-hydroxylation sites is 1. The minimum atomic E-state index is 0.0116. The van der Waals surface area contributed by atoms with Crippen LogP contribution in [0.1, 0.15) is 55.4 Å². The highest BCUT2D eigenvalue weighted by Crippen LogP contribution is 2.54. The SMILES string of the molecule is C=CC.CC1(C)c2ccccc2-c2cc(-c3ccc(-c4ccc5c(c4)N(c4ccc6ccccc6c4)C4=CC(c6ccc(-c7nc8ccccc8s7)cc6)=CCC45)cc3)ccc21. The number of fused-ring (bicyclic) bond motifs is 8. The van der Waals surface area contributed by atoms with Gasteiger partial charge in [0.05, 0.1) is 15.9 Å². The summed E-state index contributed by atoms with van der Waals surface area (Å²) in [6.45, 7) is 9.93. The largest absolute Gasteiger partial charge is 0.313 e. The predicted molar refractivity (Wildman–Crippen MR) is 265 cm³/mol. The normalized spacial score (nSPS) is 15.5. The van der Waals surface area contributed by atoms with Gasteiger partial charge in [0.1, 0.15) is 5.01 Å². The molecule has 1 aromatic heterocycles. The Balaban J connectivity index is 0.00000140. The summed E-state index contributed by atoms with van der Waals surface area (Å²) >= 11 is 1.75. The quantitative estimate of drug-likeness (QED) is 0.161. The molecule has 1 atom stereocenters. The standard InChI is InChI=1S/C56H40N2S.C3H6/c1-56(2)49-12-6-5-11-45(49)48-32-41(26-30-50(48)56)36-15-17-37(18-16-36)42-24-28-46-47-29-25-43(38-19-21-39(22-20-38)55-57-51-13-7-8-14-54(51)59-55)34-53(47)58(52(46)33-42)44-27-23-35-9-3-4-10-40(35)31-44;1-3-2/h3-28,30-34,47H,29H2,1-2H3;3H,1H2,2H3. The Morgan fingerprint density at radius 1 is 0.613 bits per heavy atom. The fourth-order valence-electron chi connectivity index (χ4n) is 9.90. The molecule has 9 aromatic rings. The first kappa shape index (κ1) is 37.9. The summed E-state index contributed by atoms with van der Waals surface area (Å²) in [5.41, 5.74) is 20.4. The van der Waals surface area contributed by atoms with Crippen molar-refractivity contribution in [2.45, 2.75) is 38.5 Å². The summed E-state index contributed by atoms with van der Waals surface area (Å²) in [4.78, 5) is 7.44. The smallest absolute Gasteiger partial charge is 0.124 e. The van der Waals surface area contributed by atoms with Crippen LogP contribution in [0.5, 0.6) is 0 Å². The van der Waals surface area contributed by atoms with E-state index in [1.54, 1.807) is 17.4 Å². The molecule has 8 aromatic carbocycles. The zero-order valence-electron chi connectivity index (χ0n) is 35.3. The van der Waals surface area contributed by atoms with Gasteiger partial charge in [0.15, 0.2) is 0 Å². The molecule has 1 unspecified atom stereocenters. The van der Waals surface area contributed by atoms with Gasteiger partial charge in [-0.3, -0.25) is 0 Å². The van der Waals surface area contributed by atoms with Crippen LogP contribution in [0.25, 0.3) is 70.5 Å². The lowest BCUT2D eigenvalue weighted by Crippen LogP contribution is -2.15. The van der Waals surface area contributed by atoms with Gasteiger partial charge < -0.3 is 4.90 Å². The molecule has 12 rings (SSSR count). The molecule has 0 spiro atoms. The molecule has 2 nitrogen and oxygen atoms in total. The molecule has 0 bridgehead atoms. The van der Waals surface area contributed by atoms with Crippen LogP contribution in [0.2, 0.25) is 0 Å². The molecule has 62 heavy (non-hydrogen) atoms. The molecule has 0 N–H and O–H groups in total. The second kappa shape index (κ2) is 15.1. The van der Waals surface area contributed by atoms with E-state index in [2.05, 4.69) is 213 Å². The minimum Gasteiger partial charge on any atom is -0.313 e. The van der Waals surface area contributed by atoms with Gasteiger partial charge in [0.25, 0.3) is 0 Å². The number of aromatic nitrogens is 1. The van der Waals surface area contributed by atoms with E-state index in [1.165, 1.54) is 93.8 Å². The van der Waals surface area contributed by atoms with Crippen LogP contribution in [0.4, 0.5) is 11.4 Å². The lowest BCUT2D eigenvalue weighted by atomic mass is 9.82. The zero-order valence-corrected chi connectivity index (χ0v) is 36.1. The van der Waals surface area contributed by atoms with Gasteiger partial charge in [-0.2, -0.15) is 0 Å². The predicted octanol–water partition coefficient (Wildman–Crippen LogP) is 16.6. The van der Waals surface area contributed by atoms with Gasteiger partial charge in [-0.05, 0) is 128 Å². The molecule has 0 amide bonds. The number of benzene rings is 8. The Hall–Kier alpha value is -7.07. The van der Waals surface area contributed by atoms with Crippen LogP contribution in [-0.4, -0.2) is 4.98 Å². The van der Waals surface area contributed by atoms with Crippen LogP contribution >= 0.6 is 11.3 Å². The van der Waals surface area contributed by atoms with Crippen molar-refractivity contribution in [2.24, 2.45) is 0 Å². The third-order valence-corrected chi connectivity index (χ3v) is 14.1. The number of anilines is 2. The van der Waals surface area contributed by atoms with Crippen molar-refractivity contribution in [3.63, 3.8) is 0 Å². The Morgan fingerprint density at radius 2 is 1.24 bits per heavy atom. The number of rotatable bonds is 5. The summed E-state index contributed by atoms with van der Waals surface area (Å²) < 4.78 is 1.22. The lowest BCUT2D eigenvalue weighted by molar-refractivity contribution is 0.660. The van der Waals surface area contributed by atoms with Crippen LogP contribution in [0.3, 0.4) is 0 Å². The number of nitrogens with zero attached hydrogens (tertiary/aromatic N) is 2. The summed E-state index contributed by atoms with van der Waals surface area (Å²) in [6, 6.07) is 65.1. The summed E-state index contributed by atoms with van der Waals surface area (Å²) in [6.07, 6.45) is 7.56. The number of hydrogen-bond donors (Lipinski definition) is 0. The summed E-state index contributed by atoms with van der Waals surface area (Å²) in [7, 11) is 0. The van der Waals surface area contributed by atoms with Gasteiger partial charge >= 0.3 is 0 Å². The van der Waals surface area contributed by atoms with Gasteiger partial charge in [-0.25, -0.2) is 4.98 Å². The van der Waals surface area contributed by atoms with Gasteiger partial charge in [0, 0.05) is 28.3 Å². The van der Waals surface area contributed by atoms with Crippen molar-refractivity contribution >= 4 is 49.3 Å². The van der Waals surface area contributed by atoms with Crippen LogP contribution < -0.4 is 4.90 Å². The lowest BCUT2D eigenvalue weighted by Gasteiger charge is -2.27. The van der Waals surface area contributed by atoms with Crippen LogP contribution in [0.15, 0.2) is 206 Å². The van der Waals surface area contributed by atoms with Crippen LogP contribution in [-0.2, 0) is 5.41 Å². The summed E-state index contributed by atoms with van der Waals surface area (Å²) in [5.74, 6) is 0.286. The van der Waals surface area contributed by atoms with Crippen molar-refractivity contribution in [2.75, 3.05) is 4.90 Å². The molecule has 0 radical (unpaired) electrons. The highest BCUT2D eigenvalue weighted by molar-refractivity contribution is 7.21. The second-order valence-electron chi connectivity index (χ2n) is 17.1. The molecular formula is C59H46N2S. The van der Waals surface area contributed by atoms with E-state index < -0.39 is 0 Å². The Morgan fingerprint density at radius 3 is 2.03 bits per heavy atom. The monoisotopic (exact) mass is 814 g/mol. The fourth-order valence-corrected chi connectivity index (χ4v) is 10.9. The fraction of sp³-hybridized carbons (Fsp3) is 0.102. The van der Waals surface area contributed by atoms with E-state index in [-0.39, 0.29) is 11.3 Å². The van der Waals surface area contributed by atoms with Crippen molar-refractivity contribution in [3.8, 4) is 44.0 Å². The molecule has 2 heterocycles. The average molecular weight is 815 g/mol. The van der Waals surface area contributed by atoms with Gasteiger partial charge in [0.2, 0.25) is 0 Å².